The van der Waals surface area contributed by atoms with Crippen molar-refractivity contribution in [1.29, 1.82) is 0 Å². The maximum atomic E-state index is 12.4. The highest BCUT2D eigenvalue weighted by Crippen LogP contribution is 2.69. The van der Waals surface area contributed by atoms with Gasteiger partial charge in [0.2, 0.25) is 6.04 Å². The normalized spacial score (nSPS) is 55.0. The van der Waals surface area contributed by atoms with E-state index in [1.54, 1.807) is 20.8 Å². The van der Waals surface area contributed by atoms with E-state index < -0.39 is 90.9 Å². The van der Waals surface area contributed by atoms with Gasteiger partial charge in [-0.2, -0.15) is 0 Å². The summed E-state index contributed by atoms with van der Waals surface area (Å²) in [6.07, 6.45) is -0.755. The number of fused-ring (bicyclic) bond motifs is 5. The lowest BCUT2D eigenvalue weighted by Gasteiger charge is -2.63. The van der Waals surface area contributed by atoms with E-state index in [0.29, 0.717) is 24.7 Å². The average Bonchev–Trinajstić information content (AvgIpc) is 3.37. The first-order valence-corrected chi connectivity index (χ1v) is 20.5. The first kappa shape index (κ1) is 40.2. The van der Waals surface area contributed by atoms with Crippen LogP contribution in [0.5, 0.6) is 0 Å². The molecule has 5 N–H and O–H groups in total. The number of hydrogen-bond acceptors (Lipinski definition) is 13. The Morgan fingerprint density at radius 1 is 0.698 bits per heavy atom. The molecule has 0 unspecified atom stereocenters. The molecule has 4 saturated carbocycles. The third-order valence-corrected chi connectivity index (χ3v) is 15.7. The van der Waals surface area contributed by atoms with E-state index in [9.17, 15) is 35.6 Å². The smallest absolute Gasteiger partial charge is 0.213 e. The second-order valence-electron chi connectivity index (χ2n) is 18.5. The Labute approximate surface area is 313 Å². The molecule has 3 saturated heterocycles. The Bertz CT molecular complexity index is 1270. The van der Waals surface area contributed by atoms with Crippen LogP contribution in [0.2, 0.25) is 0 Å². The Morgan fingerprint density at radius 2 is 1.26 bits per heavy atom. The molecule has 14 nitrogen and oxygen atoms in total. The summed E-state index contributed by atoms with van der Waals surface area (Å²) in [5.41, 5.74) is -1.22. The summed E-state index contributed by atoms with van der Waals surface area (Å²) in [6.45, 7) is 11.5. The minimum absolute atomic E-state index is 0.00430. The molecule has 0 radical (unpaired) electrons. The van der Waals surface area contributed by atoms with Gasteiger partial charge in [-0.3, -0.25) is 10.1 Å². The molecule has 3 heterocycles. The van der Waals surface area contributed by atoms with E-state index in [1.165, 1.54) is 0 Å². The second kappa shape index (κ2) is 15.0. The number of aliphatic hydroxyl groups excluding tert-OH is 4. The lowest BCUT2D eigenvalue weighted by atomic mass is 9.43. The predicted octanol–water partition coefficient (Wildman–Crippen LogP) is 3.43. The number of ether oxygens (including phenoxy) is 6. The van der Waals surface area contributed by atoms with Crippen molar-refractivity contribution in [3.63, 3.8) is 0 Å². The van der Waals surface area contributed by atoms with E-state index in [0.717, 1.165) is 44.9 Å². The van der Waals surface area contributed by atoms with Crippen LogP contribution in [0.15, 0.2) is 0 Å². The molecule has 21 atom stereocenters. The van der Waals surface area contributed by atoms with Crippen LogP contribution in [0.1, 0.15) is 119 Å². The van der Waals surface area contributed by atoms with Crippen molar-refractivity contribution in [2.45, 2.75) is 210 Å². The summed E-state index contributed by atoms with van der Waals surface area (Å²) in [4.78, 5) is 11.6. The van der Waals surface area contributed by atoms with Gasteiger partial charge in [0.15, 0.2) is 18.9 Å². The molecule has 0 aromatic rings. The van der Waals surface area contributed by atoms with Crippen molar-refractivity contribution >= 4 is 0 Å². The maximum Gasteiger partial charge on any atom is 0.213 e. The Hall–Kier alpha value is -1.04. The number of aliphatic hydroxyl groups is 5. The van der Waals surface area contributed by atoms with Gasteiger partial charge in [0.1, 0.15) is 18.3 Å². The van der Waals surface area contributed by atoms with Crippen LogP contribution >= 0.6 is 0 Å². The van der Waals surface area contributed by atoms with Gasteiger partial charge >= 0.3 is 0 Å². The number of hydrogen-bond donors (Lipinski definition) is 5. The molecule has 53 heavy (non-hydrogen) atoms. The van der Waals surface area contributed by atoms with Crippen molar-refractivity contribution in [3.05, 3.63) is 10.1 Å². The van der Waals surface area contributed by atoms with Crippen LogP contribution in [-0.4, -0.2) is 122 Å². The summed E-state index contributed by atoms with van der Waals surface area (Å²) in [5, 5.41) is 66.5. The molecular formula is C39H65NO13. The summed E-state index contributed by atoms with van der Waals surface area (Å²) in [6, 6.07) is -0.652. The molecule has 0 spiro atoms. The first-order valence-electron chi connectivity index (χ1n) is 20.5. The van der Waals surface area contributed by atoms with Crippen molar-refractivity contribution in [1.82, 2.24) is 0 Å². The summed E-state index contributed by atoms with van der Waals surface area (Å²) in [5.74, 6) is 0.884. The molecule has 7 rings (SSSR count). The Balaban J connectivity index is 0.900. The van der Waals surface area contributed by atoms with E-state index >= 15 is 0 Å². The molecule has 304 valence electrons. The van der Waals surface area contributed by atoms with Crippen LogP contribution in [-0.2, 0) is 28.4 Å². The van der Waals surface area contributed by atoms with Crippen molar-refractivity contribution in [3.8, 4) is 0 Å². The minimum Gasteiger partial charge on any atom is -0.390 e. The lowest BCUT2D eigenvalue weighted by molar-refractivity contribution is -0.532. The fraction of sp³-hybridized carbons (Fsp3) is 1.00. The number of rotatable bonds is 8. The SMILES string of the molecule is C[C@H]1O[C@@H](O[C@H]2[C@@H](O)C[C@H](O[C@H]3[C@@H](O)C[C@H](O[C@H]4CC[C@@]5(C)[C@H](CC[C@@H]6[C@@H]5CC[C@]5(C)[C@@H]([C@H](C)[N+](=O)[O-])CC[C@]65O)C4)O[C@@H]3C)O[C@@H]2C)C[C@H](O)[C@@H]1O. The molecule has 7 fully saturated rings. The second-order valence-corrected chi connectivity index (χ2v) is 18.5. The topological polar surface area (TPSA) is 200 Å². The Morgan fingerprint density at radius 3 is 1.83 bits per heavy atom. The fourth-order valence-electron chi connectivity index (χ4n) is 12.6. The molecule has 14 heteroatoms. The van der Waals surface area contributed by atoms with Gasteiger partial charge in [0, 0.05) is 42.4 Å². The van der Waals surface area contributed by atoms with Gasteiger partial charge in [-0.1, -0.05) is 13.8 Å². The van der Waals surface area contributed by atoms with Crippen molar-refractivity contribution < 1.29 is 58.9 Å². The maximum absolute atomic E-state index is 12.4. The van der Waals surface area contributed by atoms with Crippen LogP contribution in [0, 0.1) is 44.6 Å². The molecule has 0 aromatic carbocycles. The van der Waals surface area contributed by atoms with Gasteiger partial charge in [0.05, 0.1) is 48.3 Å². The molecule has 3 aliphatic heterocycles. The standard InChI is InChI=1S/C39H65NO13/c1-19(40(46)47)25-11-14-39(45)27-8-7-23-15-24(9-12-37(23,5)26(27)10-13-38(25,39)6)51-31-17-29(42)35(21(3)49-31)53-33-18-30(43)36(22(4)50-33)52-32-16-28(41)34(44)20(2)48-32/h19-36,41-45H,7-18H2,1-6H3/t19-,20+,21+,22+,23+,24-,25+,26-,27+,28-,29-,30-,31-,32-,33-,34+,35+,36+,37-,38+,39-/m0/s1. The van der Waals surface area contributed by atoms with Crippen LogP contribution in [0.4, 0.5) is 0 Å². The van der Waals surface area contributed by atoms with E-state index in [4.69, 9.17) is 28.4 Å². The van der Waals surface area contributed by atoms with Gasteiger partial charge in [-0.05, 0) is 102 Å². The highest BCUT2D eigenvalue weighted by molar-refractivity contribution is 5.17. The largest absolute Gasteiger partial charge is 0.390 e. The molecule has 0 bridgehead atoms. The molecule has 4 aliphatic carbocycles. The highest BCUT2D eigenvalue weighted by Gasteiger charge is 2.69. The molecular weight excluding hydrogens is 690 g/mol. The molecule has 0 amide bonds. The average molecular weight is 756 g/mol. The zero-order valence-electron chi connectivity index (χ0n) is 32.3. The molecule has 7 aliphatic rings. The highest BCUT2D eigenvalue weighted by atomic mass is 16.7. The van der Waals surface area contributed by atoms with Crippen molar-refractivity contribution in [2.24, 2.45) is 34.5 Å². The summed E-state index contributed by atoms with van der Waals surface area (Å²) < 4.78 is 36.8. The third kappa shape index (κ3) is 7.12. The van der Waals surface area contributed by atoms with Crippen LogP contribution in [0.3, 0.4) is 0 Å². The number of nitro groups is 1. The monoisotopic (exact) mass is 755 g/mol. The number of nitrogens with zero attached hydrogens (tertiary/aromatic N) is 1. The minimum atomic E-state index is -1.00. The van der Waals surface area contributed by atoms with Crippen LogP contribution < -0.4 is 0 Å². The summed E-state index contributed by atoms with van der Waals surface area (Å²) >= 11 is 0. The zero-order valence-corrected chi connectivity index (χ0v) is 32.3. The quantitative estimate of drug-likeness (QED) is 0.137. The lowest BCUT2D eigenvalue weighted by Crippen LogP contribution is -2.63. The first-order chi connectivity index (χ1) is 24.9. The molecule has 0 aromatic heterocycles. The van der Waals surface area contributed by atoms with Gasteiger partial charge in [0.25, 0.3) is 0 Å². The fourth-order valence-corrected chi connectivity index (χ4v) is 12.6. The van der Waals surface area contributed by atoms with Gasteiger partial charge in [-0.15, -0.1) is 0 Å². The van der Waals surface area contributed by atoms with E-state index in [1.807, 2.05) is 6.92 Å². The Kier molecular flexibility index (Phi) is 11.4. The van der Waals surface area contributed by atoms with Crippen LogP contribution in [0.25, 0.3) is 0 Å². The van der Waals surface area contributed by atoms with E-state index in [-0.39, 0.29) is 47.5 Å². The van der Waals surface area contributed by atoms with Gasteiger partial charge in [-0.25, -0.2) is 0 Å². The van der Waals surface area contributed by atoms with Gasteiger partial charge < -0.3 is 54.0 Å². The van der Waals surface area contributed by atoms with E-state index in [2.05, 4.69) is 13.8 Å². The zero-order chi connectivity index (χ0) is 38.2. The summed E-state index contributed by atoms with van der Waals surface area (Å²) in [7, 11) is 0. The predicted molar refractivity (Wildman–Crippen MR) is 189 cm³/mol. The third-order valence-electron chi connectivity index (χ3n) is 15.7. The van der Waals surface area contributed by atoms with Crippen molar-refractivity contribution in [2.75, 3.05) is 0 Å².